The maximum Gasteiger partial charge on any atom is 0.227 e. The summed E-state index contributed by atoms with van der Waals surface area (Å²) in [7, 11) is 1.65. The molecule has 0 aromatic carbocycles. The molecule has 5 nitrogen and oxygen atoms in total. The van der Waals surface area contributed by atoms with Gasteiger partial charge in [0, 0.05) is 25.9 Å². The van der Waals surface area contributed by atoms with Crippen LogP contribution in [0.3, 0.4) is 0 Å². The van der Waals surface area contributed by atoms with Gasteiger partial charge in [0.2, 0.25) is 11.7 Å². The number of hydrogen-bond acceptors (Lipinski definition) is 5. The molecular weight excluding hydrogens is 256 g/mol. The first-order chi connectivity index (χ1) is 9.41. The summed E-state index contributed by atoms with van der Waals surface area (Å²) in [5.74, 6) is 1.49. The number of rotatable bonds is 4. The molecule has 0 amide bonds. The SMILES string of the molecule is COC(c1noc(CC2CCCCC2=O)n1)C(C)(C)C. The molecule has 1 saturated carbocycles. The lowest BCUT2D eigenvalue weighted by molar-refractivity contribution is -0.124. The third-order valence-electron chi connectivity index (χ3n) is 3.84. The summed E-state index contributed by atoms with van der Waals surface area (Å²) in [6, 6.07) is 0. The fourth-order valence-corrected chi connectivity index (χ4v) is 2.79. The lowest BCUT2D eigenvalue weighted by Gasteiger charge is -2.26. The number of carbonyl (C=O) groups excluding carboxylic acids is 1. The molecule has 1 heterocycles. The zero-order chi connectivity index (χ0) is 14.8. The number of ketones is 1. The van der Waals surface area contributed by atoms with E-state index in [-0.39, 0.29) is 17.4 Å². The zero-order valence-electron chi connectivity index (χ0n) is 12.8. The Hall–Kier alpha value is -1.23. The van der Waals surface area contributed by atoms with E-state index >= 15 is 0 Å². The highest BCUT2D eigenvalue weighted by atomic mass is 16.5. The molecule has 1 aliphatic rings. The second-order valence-corrected chi connectivity index (χ2v) is 6.64. The van der Waals surface area contributed by atoms with Gasteiger partial charge in [0.05, 0.1) is 0 Å². The molecule has 1 aromatic rings. The van der Waals surface area contributed by atoms with Crippen molar-refractivity contribution >= 4 is 5.78 Å². The van der Waals surface area contributed by atoms with E-state index in [0.29, 0.717) is 30.3 Å². The van der Waals surface area contributed by atoms with Crippen molar-refractivity contribution in [3.8, 4) is 0 Å². The topological polar surface area (TPSA) is 65.2 Å². The molecule has 1 fully saturated rings. The Bertz CT molecular complexity index is 462. The minimum atomic E-state index is -0.206. The summed E-state index contributed by atoms with van der Waals surface area (Å²) in [4.78, 5) is 16.3. The normalized spacial score (nSPS) is 22.0. The molecule has 0 aliphatic heterocycles. The fraction of sp³-hybridized carbons (Fsp3) is 0.800. The van der Waals surface area contributed by atoms with Gasteiger partial charge in [-0.3, -0.25) is 4.79 Å². The van der Waals surface area contributed by atoms with Crippen molar-refractivity contribution in [1.82, 2.24) is 10.1 Å². The largest absolute Gasteiger partial charge is 0.373 e. The third-order valence-corrected chi connectivity index (χ3v) is 3.84. The van der Waals surface area contributed by atoms with Gasteiger partial charge in [0.15, 0.2) is 0 Å². The van der Waals surface area contributed by atoms with Crippen molar-refractivity contribution in [3.63, 3.8) is 0 Å². The minimum absolute atomic E-state index is 0.0488. The Labute approximate surface area is 120 Å². The highest BCUT2D eigenvalue weighted by Crippen LogP contribution is 2.34. The van der Waals surface area contributed by atoms with E-state index in [9.17, 15) is 4.79 Å². The molecule has 112 valence electrons. The predicted octanol–water partition coefficient (Wildman–Crippen LogP) is 3.11. The number of carbonyl (C=O) groups is 1. The van der Waals surface area contributed by atoms with Crippen LogP contribution in [-0.4, -0.2) is 23.0 Å². The van der Waals surface area contributed by atoms with Gasteiger partial charge in [-0.2, -0.15) is 4.98 Å². The quantitative estimate of drug-likeness (QED) is 0.847. The molecule has 0 N–H and O–H groups in total. The predicted molar refractivity (Wildman–Crippen MR) is 74.2 cm³/mol. The fourth-order valence-electron chi connectivity index (χ4n) is 2.79. The number of nitrogens with zero attached hydrogens (tertiary/aromatic N) is 2. The smallest absolute Gasteiger partial charge is 0.227 e. The first kappa shape index (κ1) is 15.2. The molecule has 0 radical (unpaired) electrons. The summed E-state index contributed by atoms with van der Waals surface area (Å²) < 4.78 is 10.8. The van der Waals surface area contributed by atoms with Crippen LogP contribution in [0.2, 0.25) is 0 Å². The summed E-state index contributed by atoms with van der Waals surface area (Å²) in [6.07, 6.45) is 4.10. The Morgan fingerprint density at radius 2 is 2.15 bits per heavy atom. The van der Waals surface area contributed by atoms with Gasteiger partial charge in [0.25, 0.3) is 0 Å². The average molecular weight is 280 g/mol. The van der Waals surface area contributed by atoms with E-state index in [4.69, 9.17) is 9.26 Å². The van der Waals surface area contributed by atoms with Crippen LogP contribution in [0.4, 0.5) is 0 Å². The summed E-state index contributed by atoms with van der Waals surface area (Å²) in [5, 5.41) is 4.02. The van der Waals surface area contributed by atoms with Gasteiger partial charge in [-0.05, 0) is 18.3 Å². The second kappa shape index (κ2) is 6.04. The molecule has 0 spiro atoms. The van der Waals surface area contributed by atoms with Gasteiger partial charge in [-0.1, -0.05) is 32.3 Å². The number of methoxy groups -OCH3 is 1. The van der Waals surface area contributed by atoms with Gasteiger partial charge in [0.1, 0.15) is 11.9 Å². The minimum Gasteiger partial charge on any atom is -0.373 e. The van der Waals surface area contributed by atoms with Gasteiger partial charge in [-0.15, -0.1) is 0 Å². The van der Waals surface area contributed by atoms with Crippen LogP contribution in [0.5, 0.6) is 0 Å². The van der Waals surface area contributed by atoms with Crippen LogP contribution in [0, 0.1) is 11.3 Å². The van der Waals surface area contributed by atoms with Gasteiger partial charge >= 0.3 is 0 Å². The van der Waals surface area contributed by atoms with Crippen LogP contribution in [0.25, 0.3) is 0 Å². The monoisotopic (exact) mass is 280 g/mol. The zero-order valence-corrected chi connectivity index (χ0v) is 12.8. The molecular formula is C15H24N2O3. The molecule has 2 rings (SSSR count). The average Bonchev–Trinajstić information content (AvgIpc) is 2.79. The van der Waals surface area contributed by atoms with E-state index in [0.717, 1.165) is 19.3 Å². The Balaban J connectivity index is 2.06. The van der Waals surface area contributed by atoms with E-state index in [2.05, 4.69) is 30.9 Å². The van der Waals surface area contributed by atoms with Crippen LogP contribution in [0.1, 0.15) is 64.3 Å². The lowest BCUT2D eigenvalue weighted by Crippen LogP contribution is -2.22. The third kappa shape index (κ3) is 3.45. The molecule has 2 atom stereocenters. The molecule has 5 heteroatoms. The van der Waals surface area contributed by atoms with Crippen molar-refractivity contribution < 1.29 is 14.1 Å². The highest BCUT2D eigenvalue weighted by Gasteiger charge is 2.31. The van der Waals surface area contributed by atoms with E-state index in [1.807, 2.05) is 0 Å². The number of hydrogen-bond donors (Lipinski definition) is 0. The van der Waals surface area contributed by atoms with Crippen LogP contribution in [0.15, 0.2) is 4.52 Å². The van der Waals surface area contributed by atoms with Crippen molar-refractivity contribution in [3.05, 3.63) is 11.7 Å². The van der Waals surface area contributed by atoms with Crippen LogP contribution < -0.4 is 0 Å². The number of aromatic nitrogens is 2. The van der Waals surface area contributed by atoms with Crippen LogP contribution >= 0.6 is 0 Å². The van der Waals surface area contributed by atoms with E-state index < -0.39 is 0 Å². The van der Waals surface area contributed by atoms with Gasteiger partial charge in [-0.25, -0.2) is 0 Å². The molecule has 20 heavy (non-hydrogen) atoms. The molecule has 0 bridgehead atoms. The first-order valence-corrected chi connectivity index (χ1v) is 7.30. The second-order valence-electron chi connectivity index (χ2n) is 6.64. The first-order valence-electron chi connectivity index (χ1n) is 7.30. The molecule has 1 aromatic heterocycles. The standard InChI is InChI=1S/C15H24N2O3/c1-15(2,3)13(19-4)14-16-12(20-17-14)9-10-7-5-6-8-11(10)18/h10,13H,5-9H2,1-4H3. The maximum atomic E-state index is 11.8. The summed E-state index contributed by atoms with van der Waals surface area (Å²) in [6.45, 7) is 6.21. The van der Waals surface area contributed by atoms with Crippen LogP contribution in [-0.2, 0) is 16.0 Å². The van der Waals surface area contributed by atoms with Crippen molar-refractivity contribution in [2.75, 3.05) is 7.11 Å². The molecule has 1 aliphatic carbocycles. The molecule has 0 saturated heterocycles. The van der Waals surface area contributed by atoms with Crippen molar-refractivity contribution in [2.45, 2.75) is 59.0 Å². The van der Waals surface area contributed by atoms with Crippen molar-refractivity contribution in [2.24, 2.45) is 11.3 Å². The van der Waals surface area contributed by atoms with E-state index in [1.165, 1.54) is 0 Å². The number of ether oxygens (including phenoxy) is 1. The summed E-state index contributed by atoms with van der Waals surface area (Å²) >= 11 is 0. The Morgan fingerprint density at radius 3 is 2.75 bits per heavy atom. The summed E-state index contributed by atoms with van der Waals surface area (Å²) in [5.41, 5.74) is -0.101. The number of Topliss-reactive ketones (excluding diaryl/α,β-unsaturated/α-hetero) is 1. The van der Waals surface area contributed by atoms with Crippen molar-refractivity contribution in [1.29, 1.82) is 0 Å². The van der Waals surface area contributed by atoms with E-state index in [1.54, 1.807) is 7.11 Å². The lowest BCUT2D eigenvalue weighted by atomic mass is 9.86. The maximum absolute atomic E-state index is 11.8. The Morgan fingerprint density at radius 1 is 1.40 bits per heavy atom. The van der Waals surface area contributed by atoms with Gasteiger partial charge < -0.3 is 9.26 Å². The molecule has 2 unspecified atom stereocenters. The Kier molecular flexibility index (Phi) is 4.58. The highest BCUT2D eigenvalue weighted by molar-refractivity contribution is 5.81.